The Hall–Kier alpha value is -3.17. The number of ether oxygens (including phenoxy) is 3. The fourth-order valence-electron chi connectivity index (χ4n) is 6.76. The van der Waals surface area contributed by atoms with Gasteiger partial charge in [-0.2, -0.15) is 0 Å². The number of fused-ring (bicyclic) bond motifs is 1. The van der Waals surface area contributed by atoms with E-state index in [1.807, 2.05) is 20.8 Å². The monoisotopic (exact) mass is 540 g/mol. The van der Waals surface area contributed by atoms with Gasteiger partial charge < -0.3 is 29.1 Å². The third-order valence-corrected chi connectivity index (χ3v) is 8.85. The molecular weight excluding hydrogens is 500 g/mol. The van der Waals surface area contributed by atoms with Crippen LogP contribution in [0, 0.1) is 17.8 Å². The third-order valence-electron chi connectivity index (χ3n) is 8.85. The molecule has 1 aromatic carbocycles. The van der Waals surface area contributed by atoms with E-state index in [0.29, 0.717) is 30.7 Å². The number of nitrogens with zero attached hydrogens (tertiary/aromatic N) is 2. The molecule has 0 aliphatic carbocycles. The van der Waals surface area contributed by atoms with Crippen LogP contribution < -0.4 is 9.64 Å². The maximum absolute atomic E-state index is 14.6. The highest BCUT2D eigenvalue weighted by atomic mass is 16.6. The molecule has 1 spiro atoms. The normalized spacial score (nSPS) is 30.4. The molecule has 2 amide bonds. The second kappa shape index (κ2) is 11.1. The Morgan fingerprint density at radius 3 is 2.51 bits per heavy atom. The SMILES string of the molecule is C=CCOC(=O)[C@@H]1[C@H]2C(=O)N([C@@H](CO)[C@@H](C)CC)C(C(=O)N(CC=C)c3ccc(OC)cc3)C23CC[C@@]1(C)O3. The van der Waals surface area contributed by atoms with Crippen molar-refractivity contribution in [2.75, 3.05) is 31.8 Å². The highest BCUT2D eigenvalue weighted by Gasteiger charge is 2.79. The predicted octanol–water partition coefficient (Wildman–Crippen LogP) is 3.12. The zero-order valence-corrected chi connectivity index (χ0v) is 23.3. The second-order valence-electron chi connectivity index (χ2n) is 11.0. The number of aliphatic hydroxyl groups excluding tert-OH is 1. The number of amides is 2. The molecule has 39 heavy (non-hydrogen) atoms. The van der Waals surface area contributed by atoms with Crippen LogP contribution in [0.15, 0.2) is 49.6 Å². The van der Waals surface area contributed by atoms with E-state index in [4.69, 9.17) is 14.2 Å². The van der Waals surface area contributed by atoms with Gasteiger partial charge in [-0.05, 0) is 49.9 Å². The van der Waals surface area contributed by atoms with Gasteiger partial charge in [0.2, 0.25) is 5.91 Å². The largest absolute Gasteiger partial charge is 0.497 e. The molecule has 3 fully saturated rings. The van der Waals surface area contributed by atoms with Crippen molar-refractivity contribution in [1.82, 2.24) is 4.90 Å². The average Bonchev–Trinajstić information content (AvgIpc) is 3.51. The molecule has 2 unspecified atom stereocenters. The van der Waals surface area contributed by atoms with E-state index in [1.165, 1.54) is 11.0 Å². The maximum Gasteiger partial charge on any atom is 0.313 e. The van der Waals surface area contributed by atoms with Gasteiger partial charge in [0.1, 0.15) is 29.9 Å². The summed E-state index contributed by atoms with van der Waals surface area (Å²) in [6.07, 6.45) is 4.72. The first kappa shape index (κ1) is 28.8. The van der Waals surface area contributed by atoms with Crippen LogP contribution in [0.1, 0.15) is 40.0 Å². The van der Waals surface area contributed by atoms with Crippen LogP contribution in [0.2, 0.25) is 0 Å². The van der Waals surface area contributed by atoms with Gasteiger partial charge in [0.05, 0.1) is 31.3 Å². The molecule has 9 nitrogen and oxygen atoms in total. The standard InChI is InChI=1S/C30H40N2O7/c1-7-16-31(20-10-12-21(37-6)13-11-20)27(35)25-30-15-14-29(5,39-30)24(28(36)38-17-8-2)23(30)26(34)32(25)22(18-33)19(4)9-3/h7-8,10-13,19,22-25,33H,1-2,9,14-18H2,3-6H3/t19-,22-,23-,24-,25?,29+,30?/m0/s1. The molecule has 9 heteroatoms. The molecule has 2 bridgehead atoms. The van der Waals surface area contributed by atoms with Crippen molar-refractivity contribution in [2.24, 2.45) is 17.8 Å². The lowest BCUT2D eigenvalue weighted by Gasteiger charge is -2.41. The minimum Gasteiger partial charge on any atom is -0.497 e. The molecule has 1 N–H and O–H groups in total. The summed E-state index contributed by atoms with van der Waals surface area (Å²) < 4.78 is 17.4. The maximum atomic E-state index is 14.6. The number of carbonyl (C=O) groups excluding carboxylic acids is 3. The van der Waals surface area contributed by atoms with E-state index in [1.54, 1.807) is 42.4 Å². The van der Waals surface area contributed by atoms with Crippen molar-refractivity contribution >= 4 is 23.5 Å². The number of aliphatic hydroxyl groups is 1. The van der Waals surface area contributed by atoms with Crippen molar-refractivity contribution in [3.63, 3.8) is 0 Å². The van der Waals surface area contributed by atoms with Crippen molar-refractivity contribution in [3.05, 3.63) is 49.6 Å². The summed E-state index contributed by atoms with van der Waals surface area (Å²) in [5.74, 6) is -2.47. The molecule has 212 valence electrons. The van der Waals surface area contributed by atoms with E-state index in [-0.39, 0.29) is 37.5 Å². The first-order valence-corrected chi connectivity index (χ1v) is 13.6. The quantitative estimate of drug-likeness (QED) is 0.321. The Labute approximate surface area is 230 Å². The summed E-state index contributed by atoms with van der Waals surface area (Å²) in [6, 6.07) is 5.41. The molecule has 0 saturated carbocycles. The van der Waals surface area contributed by atoms with Crippen molar-refractivity contribution in [1.29, 1.82) is 0 Å². The average molecular weight is 541 g/mol. The Morgan fingerprint density at radius 1 is 1.26 bits per heavy atom. The number of carbonyl (C=O) groups is 3. The number of esters is 1. The zero-order valence-electron chi connectivity index (χ0n) is 23.3. The Morgan fingerprint density at radius 2 is 1.95 bits per heavy atom. The van der Waals surface area contributed by atoms with Gasteiger partial charge in [-0.1, -0.05) is 39.0 Å². The van der Waals surface area contributed by atoms with Crippen LogP contribution in [0.5, 0.6) is 5.75 Å². The lowest BCUT2D eigenvalue weighted by Crippen LogP contribution is -2.60. The molecule has 7 atom stereocenters. The summed E-state index contributed by atoms with van der Waals surface area (Å²) in [4.78, 5) is 45.4. The smallest absolute Gasteiger partial charge is 0.313 e. The summed E-state index contributed by atoms with van der Waals surface area (Å²) >= 11 is 0. The fourth-order valence-corrected chi connectivity index (χ4v) is 6.76. The first-order valence-electron chi connectivity index (χ1n) is 13.6. The number of rotatable bonds is 12. The van der Waals surface area contributed by atoms with Gasteiger partial charge in [0.15, 0.2) is 0 Å². The van der Waals surface area contributed by atoms with Crippen molar-refractivity contribution in [3.8, 4) is 5.75 Å². The minimum atomic E-state index is -1.23. The summed E-state index contributed by atoms with van der Waals surface area (Å²) in [7, 11) is 1.57. The molecule has 3 heterocycles. The van der Waals surface area contributed by atoms with Crippen LogP contribution in [0.25, 0.3) is 0 Å². The van der Waals surface area contributed by atoms with Gasteiger partial charge in [-0.15, -0.1) is 6.58 Å². The van der Waals surface area contributed by atoms with Crippen LogP contribution in [0.4, 0.5) is 5.69 Å². The van der Waals surface area contributed by atoms with Crippen LogP contribution in [0.3, 0.4) is 0 Å². The molecule has 0 aromatic heterocycles. The van der Waals surface area contributed by atoms with Gasteiger partial charge in [-0.25, -0.2) is 0 Å². The lowest BCUT2D eigenvalue weighted by molar-refractivity contribution is -0.160. The topological polar surface area (TPSA) is 106 Å². The molecule has 3 saturated heterocycles. The van der Waals surface area contributed by atoms with Crippen LogP contribution in [-0.4, -0.2) is 77.9 Å². The number of anilines is 1. The summed E-state index contributed by atoms with van der Waals surface area (Å²) in [5, 5.41) is 10.5. The molecule has 0 radical (unpaired) electrons. The van der Waals surface area contributed by atoms with Crippen molar-refractivity contribution < 1.29 is 33.7 Å². The fraction of sp³-hybridized carbons (Fsp3) is 0.567. The summed E-state index contributed by atoms with van der Waals surface area (Å²) in [5.41, 5.74) is -1.57. The van der Waals surface area contributed by atoms with Crippen LogP contribution in [-0.2, 0) is 23.9 Å². The molecule has 3 aliphatic heterocycles. The highest BCUT2D eigenvalue weighted by molar-refractivity contribution is 6.05. The number of methoxy groups -OCH3 is 1. The molecular formula is C30H40N2O7. The van der Waals surface area contributed by atoms with E-state index >= 15 is 0 Å². The number of benzene rings is 1. The Kier molecular flexibility index (Phi) is 8.23. The van der Waals surface area contributed by atoms with Crippen LogP contribution >= 0.6 is 0 Å². The third kappa shape index (κ3) is 4.55. The zero-order chi connectivity index (χ0) is 28.5. The van der Waals surface area contributed by atoms with Crippen molar-refractivity contribution in [2.45, 2.75) is 63.3 Å². The van der Waals surface area contributed by atoms with Gasteiger partial charge >= 0.3 is 5.97 Å². The number of hydrogen-bond acceptors (Lipinski definition) is 7. The predicted molar refractivity (Wildman–Crippen MR) is 146 cm³/mol. The van der Waals surface area contributed by atoms with Gasteiger partial charge in [-0.3, -0.25) is 14.4 Å². The Bertz CT molecular complexity index is 1120. The highest BCUT2D eigenvalue weighted by Crippen LogP contribution is 2.64. The molecule has 1 aromatic rings. The van der Waals surface area contributed by atoms with E-state index in [2.05, 4.69) is 13.2 Å². The molecule has 3 aliphatic rings. The number of likely N-dealkylation sites (tertiary alicyclic amines) is 1. The van der Waals surface area contributed by atoms with Gasteiger partial charge in [0.25, 0.3) is 5.91 Å². The minimum absolute atomic E-state index is 0.0160. The lowest BCUT2D eigenvalue weighted by atomic mass is 9.66. The Balaban J connectivity index is 1.84. The van der Waals surface area contributed by atoms with E-state index < -0.39 is 41.1 Å². The van der Waals surface area contributed by atoms with E-state index in [0.717, 1.165) is 0 Å². The number of hydrogen-bond donors (Lipinski definition) is 1. The van der Waals surface area contributed by atoms with E-state index in [9.17, 15) is 19.5 Å². The summed E-state index contributed by atoms with van der Waals surface area (Å²) in [6.45, 7) is 13.1. The second-order valence-corrected chi connectivity index (χ2v) is 11.0. The first-order chi connectivity index (χ1) is 18.6. The molecule has 4 rings (SSSR count). The van der Waals surface area contributed by atoms with Gasteiger partial charge in [0, 0.05) is 12.2 Å².